The third kappa shape index (κ3) is 1.83. The minimum Gasteiger partial charge on any atom is -0.195 e. The van der Waals surface area contributed by atoms with Crippen LogP contribution in [0.3, 0.4) is 0 Å². The standard InChI is InChI=1S/C9H12F4O2S/c10-9(11,12)8(6-16(13,14)15)4-7(5-8)2-1-3-7/h1-6H2. The first-order valence-electron chi connectivity index (χ1n) is 5.07. The summed E-state index contributed by atoms with van der Waals surface area (Å²) in [5.41, 5.74) is -2.68. The monoisotopic (exact) mass is 260 g/mol. The molecule has 0 N–H and O–H groups in total. The summed E-state index contributed by atoms with van der Waals surface area (Å²) in [7, 11) is -5.08. The SMILES string of the molecule is O=S(=O)(F)CC1(C(F)(F)F)CC2(CCC2)C1. The molecule has 0 heterocycles. The molecule has 0 bridgehead atoms. The van der Waals surface area contributed by atoms with Crippen molar-refractivity contribution in [1.29, 1.82) is 0 Å². The number of hydrogen-bond acceptors (Lipinski definition) is 2. The summed E-state index contributed by atoms with van der Waals surface area (Å²) in [5, 5.41) is 0. The minimum absolute atomic E-state index is 0.230. The third-order valence-electron chi connectivity index (χ3n) is 3.89. The van der Waals surface area contributed by atoms with Gasteiger partial charge >= 0.3 is 16.4 Å². The summed E-state index contributed by atoms with van der Waals surface area (Å²) < 4.78 is 71.6. The molecule has 2 saturated carbocycles. The molecule has 2 fully saturated rings. The average Bonchev–Trinajstić information content (AvgIpc) is 1.86. The number of halogens is 4. The lowest BCUT2D eigenvalue weighted by Crippen LogP contribution is -2.60. The van der Waals surface area contributed by atoms with E-state index in [1.54, 1.807) is 0 Å². The molecule has 0 aliphatic heterocycles. The zero-order valence-corrected chi connectivity index (χ0v) is 9.30. The highest BCUT2D eigenvalue weighted by Crippen LogP contribution is 2.69. The molecule has 2 rings (SSSR count). The first-order chi connectivity index (χ1) is 7.08. The Bertz CT molecular complexity index is 386. The van der Waals surface area contributed by atoms with Crippen LogP contribution in [-0.4, -0.2) is 20.3 Å². The fourth-order valence-electron chi connectivity index (χ4n) is 3.13. The second-order valence-corrected chi connectivity index (χ2v) is 6.53. The molecule has 1 spiro atoms. The van der Waals surface area contributed by atoms with Crippen LogP contribution in [-0.2, 0) is 10.2 Å². The van der Waals surface area contributed by atoms with Gasteiger partial charge < -0.3 is 0 Å². The van der Waals surface area contributed by atoms with Crippen molar-refractivity contribution >= 4 is 10.2 Å². The second-order valence-electron chi connectivity index (χ2n) is 5.17. The predicted molar refractivity (Wildman–Crippen MR) is 48.9 cm³/mol. The van der Waals surface area contributed by atoms with Crippen molar-refractivity contribution in [2.45, 2.75) is 38.3 Å². The highest BCUT2D eigenvalue weighted by molar-refractivity contribution is 7.86. The Balaban J connectivity index is 2.17. The fourth-order valence-corrected chi connectivity index (χ4v) is 4.16. The molecule has 16 heavy (non-hydrogen) atoms. The lowest BCUT2D eigenvalue weighted by atomic mass is 9.45. The van der Waals surface area contributed by atoms with Gasteiger partial charge in [-0.3, -0.25) is 0 Å². The van der Waals surface area contributed by atoms with Crippen LogP contribution in [0.1, 0.15) is 32.1 Å². The Morgan fingerprint density at radius 3 is 1.88 bits per heavy atom. The largest absolute Gasteiger partial charge is 0.395 e. The minimum atomic E-state index is -5.08. The normalized spacial score (nSPS) is 27.2. The molecule has 0 aromatic heterocycles. The van der Waals surface area contributed by atoms with Crippen LogP contribution in [0.25, 0.3) is 0 Å². The summed E-state index contributed by atoms with van der Waals surface area (Å²) in [6.07, 6.45) is -2.79. The van der Waals surface area contributed by atoms with Gasteiger partial charge in [0.05, 0.1) is 11.2 Å². The van der Waals surface area contributed by atoms with Crippen LogP contribution in [0.4, 0.5) is 17.1 Å². The van der Waals surface area contributed by atoms with Gasteiger partial charge in [0, 0.05) is 0 Å². The zero-order valence-electron chi connectivity index (χ0n) is 8.48. The maximum Gasteiger partial charge on any atom is 0.395 e. The lowest BCUT2D eigenvalue weighted by molar-refractivity contribution is -0.284. The Kier molecular flexibility index (Phi) is 2.36. The van der Waals surface area contributed by atoms with Gasteiger partial charge in [-0.15, -0.1) is 3.89 Å². The highest BCUT2D eigenvalue weighted by Gasteiger charge is 2.69. The van der Waals surface area contributed by atoms with Crippen LogP contribution >= 0.6 is 0 Å². The Hall–Kier alpha value is -0.330. The van der Waals surface area contributed by atoms with E-state index in [1.807, 2.05) is 0 Å². The van der Waals surface area contributed by atoms with Gasteiger partial charge in [-0.25, -0.2) is 0 Å². The molecule has 0 saturated heterocycles. The van der Waals surface area contributed by atoms with Crippen LogP contribution in [0, 0.1) is 10.8 Å². The van der Waals surface area contributed by atoms with Gasteiger partial charge in [-0.05, 0) is 31.1 Å². The summed E-state index contributed by atoms with van der Waals surface area (Å²) in [6.45, 7) is 0. The molecule has 0 amide bonds. The summed E-state index contributed by atoms with van der Waals surface area (Å²) in [6, 6.07) is 0. The lowest BCUT2D eigenvalue weighted by Gasteiger charge is -2.60. The molecule has 0 atom stereocenters. The van der Waals surface area contributed by atoms with Crippen molar-refractivity contribution in [3.63, 3.8) is 0 Å². The maximum atomic E-state index is 12.8. The molecule has 2 aliphatic rings. The molecule has 2 aliphatic carbocycles. The van der Waals surface area contributed by atoms with E-state index in [0.717, 1.165) is 6.42 Å². The Morgan fingerprint density at radius 2 is 1.62 bits per heavy atom. The van der Waals surface area contributed by atoms with E-state index >= 15 is 0 Å². The van der Waals surface area contributed by atoms with E-state index in [0.29, 0.717) is 12.8 Å². The summed E-state index contributed by atoms with van der Waals surface area (Å²) in [5.74, 6) is -1.41. The molecule has 0 radical (unpaired) electrons. The molecule has 7 heteroatoms. The third-order valence-corrected chi connectivity index (χ3v) is 4.79. The first kappa shape index (κ1) is 12.1. The fraction of sp³-hybridized carbons (Fsp3) is 1.00. The van der Waals surface area contributed by atoms with Gasteiger partial charge in [0.25, 0.3) is 0 Å². The van der Waals surface area contributed by atoms with Crippen LogP contribution in [0.15, 0.2) is 0 Å². The van der Waals surface area contributed by atoms with Crippen molar-refractivity contribution in [3.05, 3.63) is 0 Å². The average molecular weight is 260 g/mol. The smallest absolute Gasteiger partial charge is 0.195 e. The van der Waals surface area contributed by atoms with E-state index < -0.39 is 27.6 Å². The Labute approximate surface area is 91.2 Å². The highest BCUT2D eigenvalue weighted by atomic mass is 32.3. The Morgan fingerprint density at radius 1 is 1.12 bits per heavy atom. The molecule has 94 valence electrons. The van der Waals surface area contributed by atoms with Crippen molar-refractivity contribution in [3.8, 4) is 0 Å². The van der Waals surface area contributed by atoms with Gasteiger partial charge in [-0.2, -0.15) is 21.6 Å². The van der Waals surface area contributed by atoms with Crippen molar-refractivity contribution in [2.75, 3.05) is 5.75 Å². The first-order valence-corrected chi connectivity index (χ1v) is 6.62. The summed E-state index contributed by atoms with van der Waals surface area (Å²) in [4.78, 5) is 0. The van der Waals surface area contributed by atoms with E-state index in [2.05, 4.69) is 0 Å². The molecular formula is C9H12F4O2S. The zero-order chi connectivity index (χ0) is 12.2. The van der Waals surface area contributed by atoms with E-state index in [9.17, 15) is 25.5 Å². The quantitative estimate of drug-likeness (QED) is 0.565. The van der Waals surface area contributed by atoms with Crippen molar-refractivity contribution in [2.24, 2.45) is 10.8 Å². The maximum absolute atomic E-state index is 12.8. The number of hydrogen-bond donors (Lipinski definition) is 0. The van der Waals surface area contributed by atoms with Gasteiger partial charge in [-0.1, -0.05) is 6.42 Å². The molecular weight excluding hydrogens is 248 g/mol. The number of alkyl halides is 3. The van der Waals surface area contributed by atoms with Crippen molar-refractivity contribution in [1.82, 2.24) is 0 Å². The van der Waals surface area contributed by atoms with Gasteiger partial charge in [0.2, 0.25) is 0 Å². The molecule has 0 aromatic rings. The predicted octanol–water partition coefficient (Wildman–Crippen LogP) is 2.80. The van der Waals surface area contributed by atoms with Crippen molar-refractivity contribution < 1.29 is 25.5 Å². The molecule has 0 unspecified atom stereocenters. The van der Waals surface area contributed by atoms with E-state index in [1.165, 1.54) is 0 Å². The van der Waals surface area contributed by atoms with Gasteiger partial charge in [0.15, 0.2) is 0 Å². The van der Waals surface area contributed by atoms with Crippen LogP contribution in [0.2, 0.25) is 0 Å². The summed E-state index contributed by atoms with van der Waals surface area (Å²) >= 11 is 0. The van der Waals surface area contributed by atoms with Crippen LogP contribution in [0.5, 0.6) is 0 Å². The van der Waals surface area contributed by atoms with E-state index in [-0.39, 0.29) is 18.3 Å². The molecule has 0 aromatic carbocycles. The second kappa shape index (κ2) is 3.11. The topological polar surface area (TPSA) is 34.1 Å². The number of rotatable bonds is 2. The van der Waals surface area contributed by atoms with E-state index in [4.69, 9.17) is 0 Å². The van der Waals surface area contributed by atoms with Crippen LogP contribution < -0.4 is 0 Å². The molecule has 2 nitrogen and oxygen atoms in total. The van der Waals surface area contributed by atoms with Gasteiger partial charge in [0.1, 0.15) is 0 Å².